The SMILES string of the molecule is c1ccc2c(c1)SCC2NN1CCCCC1. The summed E-state index contributed by atoms with van der Waals surface area (Å²) < 4.78 is 0. The highest BCUT2D eigenvalue weighted by Crippen LogP contribution is 2.37. The van der Waals surface area contributed by atoms with Crippen molar-refractivity contribution in [3.8, 4) is 0 Å². The normalized spacial score (nSPS) is 25.6. The van der Waals surface area contributed by atoms with Gasteiger partial charge in [-0.25, -0.2) is 10.4 Å². The van der Waals surface area contributed by atoms with E-state index in [0.717, 1.165) is 0 Å². The topological polar surface area (TPSA) is 15.3 Å². The van der Waals surface area contributed by atoms with Gasteiger partial charge in [-0.15, -0.1) is 11.8 Å². The Morgan fingerprint density at radius 1 is 1.12 bits per heavy atom. The molecule has 3 rings (SSSR count). The van der Waals surface area contributed by atoms with Crippen molar-refractivity contribution in [2.75, 3.05) is 18.8 Å². The lowest BCUT2D eigenvalue weighted by Gasteiger charge is -2.30. The number of fused-ring (bicyclic) bond motifs is 1. The Kier molecular flexibility index (Phi) is 3.18. The van der Waals surface area contributed by atoms with E-state index in [4.69, 9.17) is 0 Å². The largest absolute Gasteiger partial charge is 0.247 e. The molecule has 1 fully saturated rings. The molecule has 1 aromatic rings. The second kappa shape index (κ2) is 4.78. The van der Waals surface area contributed by atoms with Crippen LogP contribution >= 0.6 is 11.8 Å². The molecule has 16 heavy (non-hydrogen) atoms. The molecule has 1 unspecified atom stereocenters. The van der Waals surface area contributed by atoms with Gasteiger partial charge < -0.3 is 0 Å². The second-order valence-electron chi connectivity index (χ2n) is 4.58. The predicted octanol–water partition coefficient (Wildman–Crippen LogP) is 2.82. The molecule has 1 saturated heterocycles. The molecule has 0 spiro atoms. The quantitative estimate of drug-likeness (QED) is 0.847. The summed E-state index contributed by atoms with van der Waals surface area (Å²) in [5.41, 5.74) is 5.17. The van der Waals surface area contributed by atoms with Crippen LogP contribution in [0, 0.1) is 0 Å². The highest BCUT2D eigenvalue weighted by atomic mass is 32.2. The van der Waals surface area contributed by atoms with Crippen molar-refractivity contribution < 1.29 is 0 Å². The van der Waals surface area contributed by atoms with Gasteiger partial charge in [0, 0.05) is 23.7 Å². The lowest BCUT2D eigenvalue weighted by molar-refractivity contribution is 0.134. The Balaban J connectivity index is 1.68. The summed E-state index contributed by atoms with van der Waals surface area (Å²) in [6.45, 7) is 2.42. The van der Waals surface area contributed by atoms with E-state index in [2.05, 4.69) is 34.7 Å². The van der Waals surface area contributed by atoms with E-state index < -0.39 is 0 Å². The van der Waals surface area contributed by atoms with Gasteiger partial charge >= 0.3 is 0 Å². The molecule has 1 atom stereocenters. The lowest BCUT2D eigenvalue weighted by Crippen LogP contribution is -2.43. The second-order valence-corrected chi connectivity index (χ2v) is 5.64. The van der Waals surface area contributed by atoms with Crippen LogP contribution in [0.25, 0.3) is 0 Å². The van der Waals surface area contributed by atoms with E-state index in [1.54, 1.807) is 0 Å². The molecular weight excluding hydrogens is 216 g/mol. The molecule has 0 aliphatic carbocycles. The summed E-state index contributed by atoms with van der Waals surface area (Å²) in [7, 11) is 0. The Morgan fingerprint density at radius 3 is 2.81 bits per heavy atom. The van der Waals surface area contributed by atoms with Gasteiger partial charge in [-0.2, -0.15) is 0 Å². The summed E-state index contributed by atoms with van der Waals surface area (Å²) in [6, 6.07) is 9.30. The highest BCUT2D eigenvalue weighted by molar-refractivity contribution is 7.99. The van der Waals surface area contributed by atoms with Crippen LogP contribution in [0.15, 0.2) is 29.2 Å². The first kappa shape index (κ1) is 10.6. The molecule has 0 bridgehead atoms. The van der Waals surface area contributed by atoms with Gasteiger partial charge in [0.2, 0.25) is 0 Å². The number of nitrogens with one attached hydrogen (secondary N) is 1. The summed E-state index contributed by atoms with van der Waals surface area (Å²) in [5, 5.41) is 2.41. The summed E-state index contributed by atoms with van der Waals surface area (Å²) in [4.78, 5) is 1.46. The van der Waals surface area contributed by atoms with E-state index in [9.17, 15) is 0 Å². The molecule has 2 heterocycles. The molecule has 2 aliphatic heterocycles. The molecule has 1 aromatic carbocycles. The van der Waals surface area contributed by atoms with E-state index in [1.165, 1.54) is 48.6 Å². The first-order valence-corrected chi connectivity index (χ1v) is 7.15. The Bertz CT molecular complexity index is 361. The number of thioether (sulfide) groups is 1. The minimum atomic E-state index is 0.527. The average Bonchev–Trinajstić information content (AvgIpc) is 2.74. The first-order valence-electron chi connectivity index (χ1n) is 6.16. The molecule has 0 saturated carbocycles. The minimum absolute atomic E-state index is 0.527. The fraction of sp³-hybridized carbons (Fsp3) is 0.538. The van der Waals surface area contributed by atoms with Gasteiger partial charge in [0.1, 0.15) is 0 Å². The van der Waals surface area contributed by atoms with Crippen LogP contribution in [-0.4, -0.2) is 23.9 Å². The van der Waals surface area contributed by atoms with Crippen LogP contribution in [0.1, 0.15) is 30.9 Å². The summed E-state index contributed by atoms with van der Waals surface area (Å²) >= 11 is 1.98. The van der Waals surface area contributed by atoms with E-state index in [1.807, 2.05) is 11.8 Å². The van der Waals surface area contributed by atoms with Gasteiger partial charge in [0.15, 0.2) is 0 Å². The lowest BCUT2D eigenvalue weighted by atomic mass is 10.1. The third kappa shape index (κ3) is 2.12. The van der Waals surface area contributed by atoms with Gasteiger partial charge in [0.25, 0.3) is 0 Å². The number of rotatable bonds is 2. The number of hydrazine groups is 1. The van der Waals surface area contributed by atoms with Gasteiger partial charge in [-0.1, -0.05) is 24.6 Å². The number of hydrogen-bond acceptors (Lipinski definition) is 3. The van der Waals surface area contributed by atoms with E-state index >= 15 is 0 Å². The standard InChI is InChI=1S/C13H18N2S/c1-4-8-15(9-5-1)14-12-10-16-13-7-3-2-6-11(12)13/h2-3,6-7,12,14H,1,4-5,8-10H2. The summed E-state index contributed by atoms with van der Waals surface area (Å²) in [5.74, 6) is 1.18. The van der Waals surface area contributed by atoms with Crippen molar-refractivity contribution >= 4 is 11.8 Å². The number of hydrogen-bond donors (Lipinski definition) is 1. The maximum Gasteiger partial charge on any atom is 0.0569 e. The Morgan fingerprint density at radius 2 is 1.94 bits per heavy atom. The molecule has 0 radical (unpaired) electrons. The van der Waals surface area contributed by atoms with Crippen molar-refractivity contribution in [2.24, 2.45) is 0 Å². The maximum atomic E-state index is 3.69. The third-order valence-corrected chi connectivity index (χ3v) is 4.58. The molecule has 0 aromatic heterocycles. The van der Waals surface area contributed by atoms with Gasteiger partial charge in [-0.05, 0) is 24.5 Å². The van der Waals surface area contributed by atoms with Crippen molar-refractivity contribution in [2.45, 2.75) is 30.2 Å². The predicted molar refractivity (Wildman–Crippen MR) is 68.5 cm³/mol. The van der Waals surface area contributed by atoms with Crippen molar-refractivity contribution in [1.29, 1.82) is 0 Å². The smallest absolute Gasteiger partial charge is 0.0569 e. The zero-order chi connectivity index (χ0) is 10.8. The molecule has 3 heteroatoms. The van der Waals surface area contributed by atoms with Crippen LogP contribution in [0.2, 0.25) is 0 Å². The first-order chi connectivity index (χ1) is 7.93. The van der Waals surface area contributed by atoms with Crippen LogP contribution in [0.3, 0.4) is 0 Å². The molecule has 0 amide bonds. The molecule has 2 nitrogen and oxygen atoms in total. The fourth-order valence-electron chi connectivity index (χ4n) is 2.51. The fourth-order valence-corrected chi connectivity index (χ4v) is 3.67. The average molecular weight is 234 g/mol. The van der Waals surface area contributed by atoms with Crippen LogP contribution < -0.4 is 5.43 Å². The van der Waals surface area contributed by atoms with Gasteiger partial charge in [0.05, 0.1) is 6.04 Å². The molecule has 2 aliphatic rings. The van der Waals surface area contributed by atoms with Crippen molar-refractivity contribution in [3.05, 3.63) is 29.8 Å². The Hall–Kier alpha value is -0.510. The number of nitrogens with zero attached hydrogens (tertiary/aromatic N) is 1. The molecule has 1 N–H and O–H groups in total. The number of benzene rings is 1. The Labute approximate surface area is 101 Å². The van der Waals surface area contributed by atoms with Gasteiger partial charge in [-0.3, -0.25) is 0 Å². The zero-order valence-corrected chi connectivity index (χ0v) is 10.3. The third-order valence-electron chi connectivity index (χ3n) is 3.39. The van der Waals surface area contributed by atoms with Crippen molar-refractivity contribution in [3.63, 3.8) is 0 Å². The van der Waals surface area contributed by atoms with Crippen molar-refractivity contribution in [1.82, 2.24) is 10.4 Å². The highest BCUT2D eigenvalue weighted by Gasteiger charge is 2.24. The van der Waals surface area contributed by atoms with Crippen LogP contribution in [0.4, 0.5) is 0 Å². The van der Waals surface area contributed by atoms with E-state index in [-0.39, 0.29) is 0 Å². The van der Waals surface area contributed by atoms with Crippen LogP contribution in [0.5, 0.6) is 0 Å². The maximum absolute atomic E-state index is 3.69. The molecular formula is C13H18N2S. The monoisotopic (exact) mass is 234 g/mol. The summed E-state index contributed by atoms with van der Waals surface area (Å²) in [6.07, 6.45) is 4.08. The minimum Gasteiger partial charge on any atom is -0.247 e. The van der Waals surface area contributed by atoms with Crippen LogP contribution in [-0.2, 0) is 0 Å². The molecule has 86 valence electrons. The number of piperidine rings is 1. The van der Waals surface area contributed by atoms with E-state index in [0.29, 0.717) is 6.04 Å². The zero-order valence-electron chi connectivity index (χ0n) is 9.48.